The number of halogens is 2. The minimum atomic E-state index is -0.447. The first-order valence-electron chi connectivity index (χ1n) is 9.20. The summed E-state index contributed by atoms with van der Waals surface area (Å²) in [5.41, 5.74) is 3.17. The Hall–Kier alpha value is -3.68. The number of ketones is 1. The Labute approximate surface area is 178 Å². The first-order chi connectivity index (χ1) is 14.5. The number of anilines is 1. The van der Waals surface area contributed by atoms with Gasteiger partial charge >= 0.3 is 0 Å². The van der Waals surface area contributed by atoms with Gasteiger partial charge in [-0.05, 0) is 59.7 Å². The van der Waals surface area contributed by atoms with Crippen LogP contribution in [0.1, 0.15) is 27.0 Å². The van der Waals surface area contributed by atoms with Gasteiger partial charge < -0.3 is 5.32 Å². The van der Waals surface area contributed by atoms with Crippen LogP contribution in [0.4, 0.5) is 10.1 Å². The fourth-order valence-corrected chi connectivity index (χ4v) is 3.19. The SMILES string of the molecule is O=C1Nc2ccc(C#CCc3ccc(F)cc3)cc2C(=O)/C1=C/c1ccc(Cl)cc1. The molecule has 1 N–H and O–H groups in total. The van der Waals surface area contributed by atoms with E-state index in [2.05, 4.69) is 17.2 Å². The van der Waals surface area contributed by atoms with Crippen LogP contribution >= 0.6 is 11.6 Å². The highest BCUT2D eigenvalue weighted by atomic mass is 35.5. The lowest BCUT2D eigenvalue weighted by molar-refractivity contribution is -0.112. The van der Waals surface area contributed by atoms with E-state index in [1.165, 1.54) is 12.1 Å². The summed E-state index contributed by atoms with van der Waals surface area (Å²) < 4.78 is 13.0. The summed E-state index contributed by atoms with van der Waals surface area (Å²) in [6, 6.07) is 18.1. The number of hydrogen-bond donors (Lipinski definition) is 1. The number of nitrogens with one attached hydrogen (secondary N) is 1. The predicted molar refractivity (Wildman–Crippen MR) is 116 cm³/mol. The zero-order valence-electron chi connectivity index (χ0n) is 15.7. The molecule has 0 saturated heterocycles. The van der Waals surface area contributed by atoms with Crippen LogP contribution in [0.5, 0.6) is 0 Å². The van der Waals surface area contributed by atoms with Gasteiger partial charge in [-0.2, -0.15) is 0 Å². The second kappa shape index (κ2) is 8.36. The summed E-state index contributed by atoms with van der Waals surface area (Å²) in [6.45, 7) is 0. The fourth-order valence-electron chi connectivity index (χ4n) is 3.06. The van der Waals surface area contributed by atoms with Gasteiger partial charge in [0.1, 0.15) is 5.82 Å². The molecule has 4 rings (SSSR count). The summed E-state index contributed by atoms with van der Waals surface area (Å²) in [5.74, 6) is 4.95. The first-order valence-corrected chi connectivity index (χ1v) is 9.58. The average Bonchev–Trinajstić information content (AvgIpc) is 2.74. The summed E-state index contributed by atoms with van der Waals surface area (Å²) in [7, 11) is 0. The number of hydrogen-bond acceptors (Lipinski definition) is 2. The molecule has 3 aromatic rings. The van der Waals surface area contributed by atoms with E-state index in [1.807, 2.05) is 0 Å². The van der Waals surface area contributed by atoms with Crippen LogP contribution < -0.4 is 5.32 Å². The molecule has 1 aliphatic heterocycles. The molecule has 0 fully saturated rings. The van der Waals surface area contributed by atoms with E-state index in [0.717, 1.165) is 5.56 Å². The quantitative estimate of drug-likeness (QED) is 0.351. The molecule has 0 aromatic heterocycles. The van der Waals surface area contributed by atoms with Crippen LogP contribution in [0.15, 0.2) is 72.3 Å². The molecular formula is C25H15ClFNO2. The molecule has 3 nitrogen and oxygen atoms in total. The number of amides is 1. The molecule has 5 heteroatoms. The molecule has 0 unspecified atom stereocenters. The summed E-state index contributed by atoms with van der Waals surface area (Å²) in [5, 5.41) is 3.32. The molecule has 0 spiro atoms. The van der Waals surface area contributed by atoms with Crippen molar-refractivity contribution in [1.29, 1.82) is 0 Å². The third-order valence-electron chi connectivity index (χ3n) is 4.62. The highest BCUT2D eigenvalue weighted by molar-refractivity contribution is 6.36. The molecule has 0 bridgehead atoms. The molecule has 1 aliphatic rings. The first kappa shape index (κ1) is 19.6. The van der Waals surface area contributed by atoms with Crippen LogP contribution in [0.3, 0.4) is 0 Å². The maximum atomic E-state index is 13.0. The van der Waals surface area contributed by atoms with Crippen molar-refractivity contribution in [1.82, 2.24) is 0 Å². The summed E-state index contributed by atoms with van der Waals surface area (Å²) >= 11 is 5.89. The highest BCUT2D eigenvalue weighted by Crippen LogP contribution is 2.27. The summed E-state index contributed by atoms with van der Waals surface area (Å²) in [4.78, 5) is 25.3. The number of Topliss-reactive ketones (excluding diaryl/α,β-unsaturated/α-hetero) is 1. The zero-order chi connectivity index (χ0) is 21.1. The molecule has 1 amide bonds. The van der Waals surface area contributed by atoms with Gasteiger partial charge in [0.2, 0.25) is 5.78 Å². The van der Waals surface area contributed by atoms with E-state index < -0.39 is 5.91 Å². The molecule has 0 atom stereocenters. The largest absolute Gasteiger partial charge is 0.321 e. The Morgan fingerprint density at radius 3 is 2.43 bits per heavy atom. The van der Waals surface area contributed by atoms with Crippen molar-refractivity contribution in [2.75, 3.05) is 5.32 Å². The minimum Gasteiger partial charge on any atom is -0.321 e. The van der Waals surface area contributed by atoms with Gasteiger partial charge in [-0.15, -0.1) is 0 Å². The zero-order valence-corrected chi connectivity index (χ0v) is 16.5. The molecule has 30 heavy (non-hydrogen) atoms. The molecular weight excluding hydrogens is 401 g/mol. The fraction of sp³-hybridized carbons (Fsp3) is 0.0400. The van der Waals surface area contributed by atoms with E-state index in [4.69, 9.17) is 11.6 Å². The number of carbonyl (C=O) groups excluding carboxylic acids is 2. The number of carbonyl (C=O) groups is 2. The maximum Gasteiger partial charge on any atom is 0.259 e. The van der Waals surface area contributed by atoms with Gasteiger partial charge in [-0.3, -0.25) is 9.59 Å². The Balaban J connectivity index is 1.59. The van der Waals surface area contributed by atoms with E-state index in [-0.39, 0.29) is 17.2 Å². The van der Waals surface area contributed by atoms with Crippen LogP contribution in [0.25, 0.3) is 6.08 Å². The standard InChI is InChI=1S/C25H15ClFNO2/c26-19-9-4-18(5-10-19)15-22-24(29)21-14-17(8-13-23(21)28-25(22)30)3-1-2-16-6-11-20(27)12-7-16/h4-15H,2H2,(H,28,30)/b22-15-. The lowest BCUT2D eigenvalue weighted by atomic mass is 9.94. The van der Waals surface area contributed by atoms with E-state index >= 15 is 0 Å². The summed E-state index contributed by atoms with van der Waals surface area (Å²) in [6.07, 6.45) is 2.01. The molecule has 0 aliphatic carbocycles. The Morgan fingerprint density at radius 1 is 0.967 bits per heavy atom. The van der Waals surface area contributed by atoms with Crippen LogP contribution in [0, 0.1) is 17.7 Å². The Kier molecular flexibility index (Phi) is 5.47. The van der Waals surface area contributed by atoms with Crippen molar-refractivity contribution in [2.45, 2.75) is 6.42 Å². The van der Waals surface area contributed by atoms with Gasteiger partial charge in [-0.25, -0.2) is 4.39 Å². The predicted octanol–water partition coefficient (Wildman–Crippen LogP) is 5.29. The van der Waals surface area contributed by atoms with Crippen molar-refractivity contribution < 1.29 is 14.0 Å². The van der Waals surface area contributed by atoms with Crippen molar-refractivity contribution in [3.8, 4) is 11.8 Å². The van der Waals surface area contributed by atoms with Gasteiger partial charge in [0, 0.05) is 22.6 Å². The van der Waals surface area contributed by atoms with Crippen molar-refractivity contribution >= 4 is 35.1 Å². The topological polar surface area (TPSA) is 46.2 Å². The van der Waals surface area contributed by atoms with Crippen LogP contribution in [-0.2, 0) is 11.2 Å². The third kappa shape index (κ3) is 4.32. The van der Waals surface area contributed by atoms with Gasteiger partial charge in [0.25, 0.3) is 5.91 Å². The minimum absolute atomic E-state index is 0.0567. The monoisotopic (exact) mass is 415 g/mol. The molecule has 1 heterocycles. The number of rotatable bonds is 2. The normalized spacial score (nSPS) is 14.0. The van der Waals surface area contributed by atoms with Gasteiger partial charge in [0.15, 0.2) is 0 Å². The lowest BCUT2D eigenvalue weighted by Gasteiger charge is -2.18. The van der Waals surface area contributed by atoms with E-state index in [0.29, 0.717) is 33.8 Å². The molecule has 0 radical (unpaired) electrons. The van der Waals surface area contributed by atoms with E-state index in [1.54, 1.807) is 60.7 Å². The second-order valence-corrected chi connectivity index (χ2v) is 7.19. The third-order valence-corrected chi connectivity index (χ3v) is 4.87. The average molecular weight is 416 g/mol. The van der Waals surface area contributed by atoms with Crippen LogP contribution in [0.2, 0.25) is 5.02 Å². The second-order valence-electron chi connectivity index (χ2n) is 6.76. The van der Waals surface area contributed by atoms with E-state index in [9.17, 15) is 14.0 Å². The van der Waals surface area contributed by atoms with Crippen molar-refractivity contribution in [3.63, 3.8) is 0 Å². The Morgan fingerprint density at radius 2 is 1.70 bits per heavy atom. The lowest BCUT2D eigenvalue weighted by Crippen LogP contribution is -2.27. The Bertz CT molecular complexity index is 1230. The molecule has 146 valence electrons. The number of benzene rings is 3. The maximum absolute atomic E-state index is 13.0. The van der Waals surface area contributed by atoms with Crippen LogP contribution in [-0.4, -0.2) is 11.7 Å². The molecule has 0 saturated carbocycles. The van der Waals surface area contributed by atoms with Crippen molar-refractivity contribution in [2.24, 2.45) is 0 Å². The molecule has 3 aromatic carbocycles. The van der Waals surface area contributed by atoms with Gasteiger partial charge in [-0.1, -0.05) is 47.7 Å². The van der Waals surface area contributed by atoms with Gasteiger partial charge in [0.05, 0.1) is 11.3 Å². The smallest absolute Gasteiger partial charge is 0.259 e. The van der Waals surface area contributed by atoms with Crippen molar-refractivity contribution in [3.05, 3.63) is 105 Å². The number of fused-ring (bicyclic) bond motifs is 1. The highest BCUT2D eigenvalue weighted by Gasteiger charge is 2.28.